The molecule has 1 saturated heterocycles. The van der Waals surface area contributed by atoms with Gasteiger partial charge in [0.2, 0.25) is 5.91 Å². The lowest BCUT2D eigenvalue weighted by Crippen LogP contribution is -2.36. The molecule has 9 nitrogen and oxygen atoms in total. The number of esters is 1. The minimum absolute atomic E-state index is 0.00888. The van der Waals surface area contributed by atoms with E-state index < -0.39 is 0 Å². The summed E-state index contributed by atoms with van der Waals surface area (Å²) in [4.78, 5) is 37.0. The molecule has 2 aliphatic heterocycles. The van der Waals surface area contributed by atoms with Crippen molar-refractivity contribution >= 4 is 17.7 Å². The highest BCUT2D eigenvalue weighted by molar-refractivity contribution is 6.00. The second-order valence-corrected chi connectivity index (χ2v) is 7.97. The number of hydrogen-bond acceptors (Lipinski definition) is 8. The highest BCUT2D eigenvalue weighted by Gasteiger charge is 2.32. The van der Waals surface area contributed by atoms with Gasteiger partial charge >= 0.3 is 12.0 Å². The standard InChI is InChI=1S/C23H28N4O5/c1-30-10-11-32-23-24-13-18-12-20(28)27(21(18)25-23)15-17-7-5-16(6-8-17)14-26-9-3-4-19(26)22(29)31-2/h5-8,13,19H,3-4,9-12,14-15H2,1-2H3/t19-/m0/s1. The smallest absolute Gasteiger partial charge is 0.323 e. The van der Waals surface area contributed by atoms with Crippen LogP contribution in [0.1, 0.15) is 29.5 Å². The Labute approximate surface area is 187 Å². The highest BCUT2D eigenvalue weighted by atomic mass is 16.5. The van der Waals surface area contributed by atoms with Crippen LogP contribution in [0, 0.1) is 0 Å². The van der Waals surface area contributed by atoms with Gasteiger partial charge in [-0.05, 0) is 30.5 Å². The van der Waals surface area contributed by atoms with Crippen LogP contribution in [0.4, 0.5) is 5.82 Å². The molecule has 0 bridgehead atoms. The van der Waals surface area contributed by atoms with Gasteiger partial charge in [0.15, 0.2) is 0 Å². The van der Waals surface area contributed by atoms with E-state index in [1.54, 1.807) is 18.2 Å². The number of hydrogen-bond donors (Lipinski definition) is 0. The third-order valence-corrected chi connectivity index (χ3v) is 5.82. The van der Waals surface area contributed by atoms with E-state index in [4.69, 9.17) is 14.2 Å². The largest absolute Gasteiger partial charge is 0.468 e. The monoisotopic (exact) mass is 440 g/mol. The number of likely N-dealkylation sites (tertiary alicyclic amines) is 1. The van der Waals surface area contributed by atoms with Crippen LogP contribution in [0.5, 0.6) is 6.01 Å². The van der Waals surface area contributed by atoms with Crippen LogP contribution >= 0.6 is 0 Å². The number of benzene rings is 1. The van der Waals surface area contributed by atoms with E-state index in [0.717, 1.165) is 36.1 Å². The van der Waals surface area contributed by atoms with Crippen molar-refractivity contribution in [1.29, 1.82) is 0 Å². The molecule has 9 heteroatoms. The van der Waals surface area contributed by atoms with Crippen molar-refractivity contribution in [1.82, 2.24) is 14.9 Å². The van der Waals surface area contributed by atoms with Crippen molar-refractivity contribution in [2.45, 2.75) is 38.4 Å². The molecule has 32 heavy (non-hydrogen) atoms. The molecule has 1 aromatic carbocycles. The minimum Gasteiger partial charge on any atom is -0.468 e. The van der Waals surface area contributed by atoms with E-state index in [-0.39, 0.29) is 30.3 Å². The molecule has 1 atom stereocenters. The van der Waals surface area contributed by atoms with Crippen molar-refractivity contribution in [3.05, 3.63) is 47.2 Å². The zero-order valence-electron chi connectivity index (χ0n) is 18.5. The molecule has 1 aromatic heterocycles. The number of fused-ring (bicyclic) bond motifs is 1. The van der Waals surface area contributed by atoms with E-state index in [1.165, 1.54) is 7.11 Å². The lowest BCUT2D eigenvalue weighted by molar-refractivity contribution is -0.146. The summed E-state index contributed by atoms with van der Waals surface area (Å²) in [6.45, 7) is 2.79. The predicted octanol–water partition coefficient (Wildman–Crippen LogP) is 1.73. The van der Waals surface area contributed by atoms with Crippen molar-refractivity contribution < 1.29 is 23.8 Å². The molecular weight excluding hydrogens is 412 g/mol. The number of ether oxygens (including phenoxy) is 3. The van der Waals surface area contributed by atoms with Crippen molar-refractivity contribution in [3.8, 4) is 6.01 Å². The van der Waals surface area contributed by atoms with Crippen molar-refractivity contribution in [3.63, 3.8) is 0 Å². The number of nitrogens with zero attached hydrogens (tertiary/aromatic N) is 4. The van der Waals surface area contributed by atoms with E-state index in [0.29, 0.717) is 32.1 Å². The Morgan fingerprint density at radius 3 is 2.59 bits per heavy atom. The van der Waals surface area contributed by atoms with Gasteiger partial charge in [0.1, 0.15) is 18.5 Å². The average Bonchev–Trinajstić information content (AvgIpc) is 3.39. The number of carbonyl (C=O) groups excluding carboxylic acids is 2. The van der Waals surface area contributed by atoms with E-state index in [9.17, 15) is 9.59 Å². The Morgan fingerprint density at radius 2 is 1.88 bits per heavy atom. The van der Waals surface area contributed by atoms with Gasteiger partial charge in [0.25, 0.3) is 0 Å². The fraction of sp³-hybridized carbons (Fsp3) is 0.478. The second-order valence-electron chi connectivity index (χ2n) is 7.97. The van der Waals surface area contributed by atoms with Gasteiger partial charge in [0.05, 0.1) is 26.7 Å². The normalized spacial score (nSPS) is 18.1. The van der Waals surface area contributed by atoms with Crippen LogP contribution in [-0.4, -0.2) is 66.8 Å². The summed E-state index contributed by atoms with van der Waals surface area (Å²) in [5.41, 5.74) is 2.92. The summed E-state index contributed by atoms with van der Waals surface area (Å²) in [6.07, 6.45) is 3.77. The summed E-state index contributed by atoms with van der Waals surface area (Å²) >= 11 is 0. The number of rotatable bonds is 9. The third-order valence-electron chi connectivity index (χ3n) is 5.82. The highest BCUT2D eigenvalue weighted by Crippen LogP contribution is 2.29. The Kier molecular flexibility index (Phi) is 6.96. The lowest BCUT2D eigenvalue weighted by Gasteiger charge is -2.22. The second kappa shape index (κ2) is 10.1. The zero-order valence-corrected chi connectivity index (χ0v) is 18.5. The fourth-order valence-corrected chi connectivity index (χ4v) is 4.15. The van der Waals surface area contributed by atoms with Gasteiger partial charge in [-0.25, -0.2) is 4.98 Å². The molecular formula is C23H28N4O5. The van der Waals surface area contributed by atoms with Gasteiger partial charge in [-0.3, -0.25) is 19.4 Å². The number of methoxy groups -OCH3 is 2. The van der Waals surface area contributed by atoms with Gasteiger partial charge in [-0.15, -0.1) is 0 Å². The SMILES string of the molecule is COCCOc1ncc2c(n1)N(Cc1ccc(CN3CCC[C@H]3C(=O)OC)cc1)C(=O)C2. The Bertz CT molecular complexity index is 965. The van der Waals surface area contributed by atoms with E-state index >= 15 is 0 Å². The zero-order chi connectivity index (χ0) is 22.5. The topological polar surface area (TPSA) is 94.1 Å². The molecule has 0 spiro atoms. The minimum atomic E-state index is -0.169. The predicted molar refractivity (Wildman–Crippen MR) is 116 cm³/mol. The molecule has 0 radical (unpaired) electrons. The first-order chi connectivity index (χ1) is 15.6. The molecule has 0 unspecified atom stereocenters. The van der Waals surface area contributed by atoms with E-state index in [2.05, 4.69) is 14.9 Å². The van der Waals surface area contributed by atoms with Crippen molar-refractivity contribution in [2.75, 3.05) is 38.9 Å². The molecule has 2 aromatic rings. The van der Waals surface area contributed by atoms with Crippen LogP contribution in [-0.2, 0) is 38.6 Å². The molecule has 2 aliphatic rings. The molecule has 0 aliphatic carbocycles. The summed E-state index contributed by atoms with van der Waals surface area (Å²) in [5, 5.41) is 0. The summed E-state index contributed by atoms with van der Waals surface area (Å²) < 4.78 is 15.4. The third kappa shape index (κ3) is 4.89. The Balaban J connectivity index is 1.41. The van der Waals surface area contributed by atoms with Gasteiger partial charge in [-0.2, -0.15) is 4.98 Å². The maximum absolute atomic E-state index is 12.6. The molecule has 0 N–H and O–H groups in total. The number of anilines is 1. The average molecular weight is 441 g/mol. The van der Waals surface area contributed by atoms with E-state index in [1.807, 2.05) is 24.3 Å². The van der Waals surface area contributed by atoms with Crippen molar-refractivity contribution in [2.24, 2.45) is 0 Å². The summed E-state index contributed by atoms with van der Waals surface area (Å²) in [6, 6.07) is 8.19. The van der Waals surface area contributed by atoms with Gasteiger partial charge in [0, 0.05) is 25.4 Å². The number of amides is 1. The summed E-state index contributed by atoms with van der Waals surface area (Å²) in [7, 11) is 3.03. The number of aromatic nitrogens is 2. The quantitative estimate of drug-likeness (QED) is 0.430. The molecule has 3 heterocycles. The van der Waals surface area contributed by atoms with Gasteiger partial charge in [-0.1, -0.05) is 24.3 Å². The molecule has 4 rings (SSSR count). The Hall–Kier alpha value is -3.04. The molecule has 170 valence electrons. The first kappa shape index (κ1) is 22.2. The maximum Gasteiger partial charge on any atom is 0.323 e. The number of carbonyl (C=O) groups is 2. The molecule has 1 amide bonds. The first-order valence-electron chi connectivity index (χ1n) is 10.8. The van der Waals surface area contributed by atoms with Crippen LogP contribution in [0.25, 0.3) is 0 Å². The van der Waals surface area contributed by atoms with Crippen LogP contribution < -0.4 is 9.64 Å². The summed E-state index contributed by atoms with van der Waals surface area (Å²) in [5.74, 6) is 0.419. The first-order valence-corrected chi connectivity index (χ1v) is 10.8. The van der Waals surface area contributed by atoms with Crippen LogP contribution in [0.15, 0.2) is 30.5 Å². The van der Waals surface area contributed by atoms with Gasteiger partial charge < -0.3 is 14.2 Å². The molecule has 0 saturated carbocycles. The lowest BCUT2D eigenvalue weighted by atomic mass is 10.1. The van der Waals surface area contributed by atoms with Crippen LogP contribution in [0.2, 0.25) is 0 Å². The Morgan fingerprint density at radius 1 is 1.12 bits per heavy atom. The molecule has 1 fully saturated rings. The maximum atomic E-state index is 12.6. The van der Waals surface area contributed by atoms with Crippen LogP contribution in [0.3, 0.4) is 0 Å². The fourth-order valence-electron chi connectivity index (χ4n) is 4.15.